The summed E-state index contributed by atoms with van der Waals surface area (Å²) in [6.07, 6.45) is 1.84. The molecular formula is C17H19N3O. The lowest BCUT2D eigenvalue weighted by atomic mass is 10.1. The minimum atomic E-state index is 0.113. The molecule has 4 nitrogen and oxygen atoms in total. The lowest BCUT2D eigenvalue weighted by Gasteiger charge is -2.36. The molecule has 2 heterocycles. The third kappa shape index (κ3) is 3.05. The van der Waals surface area contributed by atoms with Crippen LogP contribution in [0.1, 0.15) is 17.3 Å². The van der Waals surface area contributed by atoms with Crippen molar-refractivity contribution >= 4 is 17.3 Å². The zero-order valence-corrected chi connectivity index (χ0v) is 12.2. The zero-order valence-electron chi connectivity index (χ0n) is 12.2. The predicted octanol–water partition coefficient (Wildman–Crippen LogP) is 2.61. The Morgan fingerprint density at radius 1 is 0.952 bits per heavy atom. The summed E-state index contributed by atoms with van der Waals surface area (Å²) < 4.78 is 0. The van der Waals surface area contributed by atoms with E-state index in [2.05, 4.69) is 20.9 Å². The van der Waals surface area contributed by atoms with Gasteiger partial charge in [0.25, 0.3) is 0 Å². The quantitative estimate of drug-likeness (QED) is 0.810. The number of ketones is 1. The number of carbonyl (C=O) groups excluding carboxylic acids is 1. The Bertz CT molecular complexity index is 602. The number of rotatable bonds is 3. The molecule has 0 N–H and O–H groups in total. The van der Waals surface area contributed by atoms with Crippen LogP contribution in [0.3, 0.4) is 0 Å². The fourth-order valence-corrected chi connectivity index (χ4v) is 2.64. The van der Waals surface area contributed by atoms with Crippen LogP contribution >= 0.6 is 0 Å². The van der Waals surface area contributed by atoms with E-state index in [0.717, 1.165) is 37.6 Å². The van der Waals surface area contributed by atoms with E-state index in [9.17, 15) is 4.79 Å². The third-order valence-electron chi connectivity index (χ3n) is 3.89. The average molecular weight is 281 g/mol. The van der Waals surface area contributed by atoms with Crippen molar-refractivity contribution in [3.63, 3.8) is 0 Å². The van der Waals surface area contributed by atoms with Crippen LogP contribution in [0, 0.1) is 0 Å². The van der Waals surface area contributed by atoms with Gasteiger partial charge in [0.05, 0.1) is 0 Å². The number of hydrogen-bond donors (Lipinski definition) is 0. The number of hydrogen-bond acceptors (Lipinski definition) is 4. The SMILES string of the molecule is CC(=O)c1ccc(N2CCN(c3ccccn3)CC2)cc1. The Morgan fingerprint density at radius 2 is 1.62 bits per heavy atom. The zero-order chi connectivity index (χ0) is 14.7. The molecule has 1 aromatic carbocycles. The first-order valence-corrected chi connectivity index (χ1v) is 7.26. The molecule has 0 unspecified atom stereocenters. The standard InChI is InChI=1S/C17H19N3O/c1-14(21)15-5-7-16(8-6-15)19-10-12-20(13-11-19)17-4-2-3-9-18-17/h2-9H,10-13H2,1H3. The van der Waals surface area contributed by atoms with Crippen LogP contribution in [0.4, 0.5) is 11.5 Å². The van der Waals surface area contributed by atoms with Gasteiger partial charge in [0.2, 0.25) is 0 Å². The highest BCUT2D eigenvalue weighted by atomic mass is 16.1. The predicted molar refractivity (Wildman–Crippen MR) is 85.1 cm³/mol. The molecule has 1 saturated heterocycles. The molecule has 2 aromatic rings. The molecule has 3 rings (SSSR count). The summed E-state index contributed by atoms with van der Waals surface area (Å²) in [5.41, 5.74) is 1.95. The molecule has 108 valence electrons. The van der Waals surface area contributed by atoms with Gasteiger partial charge in [-0.3, -0.25) is 4.79 Å². The molecule has 0 spiro atoms. The number of aromatic nitrogens is 1. The highest BCUT2D eigenvalue weighted by Gasteiger charge is 2.18. The first-order valence-electron chi connectivity index (χ1n) is 7.26. The van der Waals surface area contributed by atoms with Crippen LogP contribution in [-0.4, -0.2) is 36.9 Å². The highest BCUT2D eigenvalue weighted by Crippen LogP contribution is 2.19. The number of nitrogens with zero attached hydrogens (tertiary/aromatic N) is 3. The first kappa shape index (κ1) is 13.6. The Kier molecular flexibility index (Phi) is 3.86. The molecular weight excluding hydrogens is 262 g/mol. The maximum Gasteiger partial charge on any atom is 0.159 e. The summed E-state index contributed by atoms with van der Waals surface area (Å²) in [5.74, 6) is 1.16. The summed E-state index contributed by atoms with van der Waals surface area (Å²) in [5, 5.41) is 0. The minimum absolute atomic E-state index is 0.113. The summed E-state index contributed by atoms with van der Waals surface area (Å²) in [6, 6.07) is 13.9. The third-order valence-corrected chi connectivity index (χ3v) is 3.89. The molecule has 1 aliphatic rings. The molecule has 0 radical (unpaired) electrons. The fourth-order valence-electron chi connectivity index (χ4n) is 2.64. The highest BCUT2D eigenvalue weighted by molar-refractivity contribution is 5.94. The lowest BCUT2D eigenvalue weighted by Crippen LogP contribution is -2.46. The molecule has 0 aliphatic carbocycles. The topological polar surface area (TPSA) is 36.4 Å². The lowest BCUT2D eigenvalue weighted by molar-refractivity contribution is 0.101. The van der Waals surface area contributed by atoms with Crippen molar-refractivity contribution in [2.75, 3.05) is 36.0 Å². The van der Waals surface area contributed by atoms with Crippen molar-refractivity contribution < 1.29 is 4.79 Å². The molecule has 1 aromatic heterocycles. The molecule has 0 saturated carbocycles. The number of anilines is 2. The van der Waals surface area contributed by atoms with E-state index in [0.29, 0.717) is 0 Å². The van der Waals surface area contributed by atoms with Gasteiger partial charge in [0, 0.05) is 43.6 Å². The van der Waals surface area contributed by atoms with Crippen molar-refractivity contribution in [2.24, 2.45) is 0 Å². The van der Waals surface area contributed by atoms with Crippen molar-refractivity contribution in [1.82, 2.24) is 4.98 Å². The minimum Gasteiger partial charge on any atom is -0.368 e. The summed E-state index contributed by atoms with van der Waals surface area (Å²) in [6.45, 7) is 5.46. The molecule has 1 aliphatic heterocycles. The smallest absolute Gasteiger partial charge is 0.159 e. The normalized spacial score (nSPS) is 15.1. The summed E-state index contributed by atoms with van der Waals surface area (Å²) >= 11 is 0. The Balaban J connectivity index is 1.64. The van der Waals surface area contributed by atoms with E-state index in [-0.39, 0.29) is 5.78 Å². The summed E-state index contributed by atoms with van der Waals surface area (Å²) in [4.78, 5) is 20.4. The van der Waals surface area contributed by atoms with E-state index in [1.807, 2.05) is 42.6 Å². The van der Waals surface area contributed by atoms with Crippen LogP contribution < -0.4 is 9.80 Å². The fraction of sp³-hybridized carbons (Fsp3) is 0.294. The molecule has 4 heteroatoms. The second-order valence-electron chi connectivity index (χ2n) is 5.27. The van der Waals surface area contributed by atoms with Gasteiger partial charge in [-0.05, 0) is 43.3 Å². The second-order valence-corrected chi connectivity index (χ2v) is 5.27. The number of pyridine rings is 1. The Hall–Kier alpha value is -2.36. The van der Waals surface area contributed by atoms with Crippen LogP contribution in [0.15, 0.2) is 48.7 Å². The van der Waals surface area contributed by atoms with Crippen LogP contribution in [0.2, 0.25) is 0 Å². The monoisotopic (exact) mass is 281 g/mol. The van der Waals surface area contributed by atoms with Gasteiger partial charge in [0.15, 0.2) is 5.78 Å². The van der Waals surface area contributed by atoms with Crippen molar-refractivity contribution in [1.29, 1.82) is 0 Å². The van der Waals surface area contributed by atoms with Crippen molar-refractivity contribution in [3.8, 4) is 0 Å². The molecule has 0 amide bonds. The molecule has 21 heavy (non-hydrogen) atoms. The second kappa shape index (κ2) is 5.95. The van der Waals surface area contributed by atoms with E-state index in [1.165, 1.54) is 5.69 Å². The van der Waals surface area contributed by atoms with Gasteiger partial charge in [-0.25, -0.2) is 4.98 Å². The number of piperazine rings is 1. The van der Waals surface area contributed by atoms with E-state index < -0.39 is 0 Å². The van der Waals surface area contributed by atoms with Crippen molar-refractivity contribution in [3.05, 3.63) is 54.2 Å². The molecule has 1 fully saturated rings. The van der Waals surface area contributed by atoms with Gasteiger partial charge >= 0.3 is 0 Å². The number of benzene rings is 1. The van der Waals surface area contributed by atoms with Crippen LogP contribution in [-0.2, 0) is 0 Å². The molecule has 0 atom stereocenters. The van der Waals surface area contributed by atoms with E-state index in [4.69, 9.17) is 0 Å². The summed E-state index contributed by atoms with van der Waals surface area (Å²) in [7, 11) is 0. The first-order chi connectivity index (χ1) is 10.2. The van der Waals surface area contributed by atoms with Gasteiger partial charge in [-0.15, -0.1) is 0 Å². The Morgan fingerprint density at radius 3 is 2.19 bits per heavy atom. The van der Waals surface area contributed by atoms with Gasteiger partial charge in [-0.2, -0.15) is 0 Å². The van der Waals surface area contributed by atoms with Gasteiger partial charge in [-0.1, -0.05) is 6.07 Å². The van der Waals surface area contributed by atoms with Crippen molar-refractivity contribution in [2.45, 2.75) is 6.92 Å². The van der Waals surface area contributed by atoms with E-state index in [1.54, 1.807) is 6.92 Å². The van der Waals surface area contributed by atoms with E-state index >= 15 is 0 Å². The molecule has 0 bridgehead atoms. The Labute approximate surface area is 125 Å². The average Bonchev–Trinajstić information content (AvgIpc) is 2.56. The maximum absolute atomic E-state index is 11.3. The van der Waals surface area contributed by atoms with Gasteiger partial charge in [0.1, 0.15) is 5.82 Å². The van der Waals surface area contributed by atoms with Crippen LogP contribution in [0.5, 0.6) is 0 Å². The van der Waals surface area contributed by atoms with Gasteiger partial charge < -0.3 is 9.80 Å². The largest absolute Gasteiger partial charge is 0.368 e. The maximum atomic E-state index is 11.3. The number of carbonyl (C=O) groups is 1. The van der Waals surface area contributed by atoms with Crippen LogP contribution in [0.25, 0.3) is 0 Å². The number of Topliss-reactive ketones (excluding diaryl/α,β-unsaturated/α-hetero) is 1.